The van der Waals surface area contributed by atoms with Crippen LogP contribution < -0.4 is 15.5 Å². The second kappa shape index (κ2) is 10.00. The van der Waals surface area contributed by atoms with Gasteiger partial charge in [0.2, 0.25) is 0 Å². The molecule has 35 heavy (non-hydrogen) atoms. The topological polar surface area (TPSA) is 75.6 Å². The Bertz CT molecular complexity index is 1300. The van der Waals surface area contributed by atoms with E-state index >= 15 is 0 Å². The number of nitrogens with two attached hydrogens (primary N) is 1. The molecule has 2 atom stereocenters. The largest absolute Gasteiger partial charge is 0.355 e. The van der Waals surface area contributed by atoms with Crippen LogP contribution in [0, 0.1) is 5.82 Å². The third-order valence-corrected chi connectivity index (χ3v) is 6.45. The average molecular weight is 474 g/mol. The number of pyridine rings is 1. The van der Waals surface area contributed by atoms with E-state index in [0.29, 0.717) is 0 Å². The molecular weight excluding hydrogens is 441 g/mol. The van der Waals surface area contributed by atoms with Gasteiger partial charge in [-0.15, -0.1) is 5.10 Å². The third-order valence-electron chi connectivity index (χ3n) is 6.45. The Morgan fingerprint density at radius 3 is 2.83 bits per heavy atom. The van der Waals surface area contributed by atoms with Crippen LogP contribution in [0.1, 0.15) is 44.7 Å². The SMILES string of the molecule is CCCN(C[C@@H](C)N)c1cccc(-c2cnc3ccc(N4CCCC4c4cccc(F)c4)nn23)n1. The van der Waals surface area contributed by atoms with Crippen molar-refractivity contribution in [1.82, 2.24) is 19.6 Å². The first-order chi connectivity index (χ1) is 17.0. The maximum absolute atomic E-state index is 13.9. The van der Waals surface area contributed by atoms with E-state index in [9.17, 15) is 4.39 Å². The number of fused-ring (bicyclic) bond motifs is 1. The van der Waals surface area contributed by atoms with Crippen LogP contribution in [0.2, 0.25) is 0 Å². The number of halogens is 1. The standard InChI is InChI=1S/C27H32FN7/c1-3-14-33(18-19(2)29)26-11-5-9-22(31-26)24-17-30-25-12-13-27(32-35(24)25)34-15-6-10-23(34)20-7-4-8-21(28)16-20/h4-5,7-9,11-13,16-17,19,23H,3,6,10,14-15,18,29H2,1-2H3/t19-,23?/m1/s1. The Labute approximate surface area is 205 Å². The van der Waals surface area contributed by atoms with Gasteiger partial charge in [0.1, 0.15) is 23.1 Å². The molecule has 0 bridgehead atoms. The molecule has 1 aliphatic heterocycles. The van der Waals surface area contributed by atoms with E-state index in [0.717, 1.165) is 73.1 Å². The summed E-state index contributed by atoms with van der Waals surface area (Å²) in [5, 5.41) is 4.96. The zero-order chi connectivity index (χ0) is 24.4. The molecule has 0 radical (unpaired) electrons. The summed E-state index contributed by atoms with van der Waals surface area (Å²) in [7, 11) is 0. The summed E-state index contributed by atoms with van der Waals surface area (Å²) in [5.74, 6) is 1.55. The summed E-state index contributed by atoms with van der Waals surface area (Å²) in [5.41, 5.74) is 9.48. The molecule has 0 spiro atoms. The van der Waals surface area contributed by atoms with Crippen molar-refractivity contribution in [3.63, 3.8) is 0 Å². The van der Waals surface area contributed by atoms with E-state index in [1.165, 1.54) is 6.07 Å². The molecule has 8 heteroatoms. The number of rotatable bonds is 8. The fourth-order valence-electron chi connectivity index (χ4n) is 4.95. The Morgan fingerprint density at radius 2 is 2.03 bits per heavy atom. The Balaban J connectivity index is 1.50. The fraction of sp³-hybridized carbons (Fsp3) is 0.370. The van der Waals surface area contributed by atoms with E-state index in [4.69, 9.17) is 15.8 Å². The monoisotopic (exact) mass is 473 g/mol. The molecule has 182 valence electrons. The maximum atomic E-state index is 13.9. The zero-order valence-electron chi connectivity index (χ0n) is 20.3. The second-order valence-electron chi connectivity index (χ2n) is 9.32. The highest BCUT2D eigenvalue weighted by Crippen LogP contribution is 2.35. The molecule has 1 unspecified atom stereocenters. The van der Waals surface area contributed by atoms with E-state index in [-0.39, 0.29) is 17.9 Å². The van der Waals surface area contributed by atoms with Gasteiger partial charge in [-0.2, -0.15) is 0 Å². The maximum Gasteiger partial charge on any atom is 0.154 e. The molecular formula is C27H32FN7. The fourth-order valence-corrected chi connectivity index (χ4v) is 4.95. The number of imidazole rings is 1. The number of hydrogen-bond acceptors (Lipinski definition) is 6. The van der Waals surface area contributed by atoms with Gasteiger partial charge in [-0.05, 0) is 68.1 Å². The minimum Gasteiger partial charge on any atom is -0.355 e. The lowest BCUT2D eigenvalue weighted by atomic mass is 10.0. The molecule has 0 aliphatic carbocycles. The highest BCUT2D eigenvalue weighted by atomic mass is 19.1. The molecule has 0 saturated carbocycles. The van der Waals surface area contributed by atoms with Crippen LogP contribution in [0.4, 0.5) is 16.0 Å². The van der Waals surface area contributed by atoms with Crippen molar-refractivity contribution >= 4 is 17.3 Å². The number of hydrogen-bond donors (Lipinski definition) is 1. The van der Waals surface area contributed by atoms with Crippen LogP contribution in [0.3, 0.4) is 0 Å². The minimum atomic E-state index is -0.207. The van der Waals surface area contributed by atoms with Crippen molar-refractivity contribution in [2.75, 3.05) is 29.4 Å². The van der Waals surface area contributed by atoms with Gasteiger partial charge in [0, 0.05) is 25.7 Å². The molecule has 0 amide bonds. The Hall–Kier alpha value is -3.52. The van der Waals surface area contributed by atoms with Crippen LogP contribution >= 0.6 is 0 Å². The second-order valence-corrected chi connectivity index (χ2v) is 9.32. The predicted molar refractivity (Wildman–Crippen MR) is 138 cm³/mol. The van der Waals surface area contributed by atoms with E-state index in [2.05, 4.69) is 21.7 Å². The van der Waals surface area contributed by atoms with E-state index in [1.54, 1.807) is 12.1 Å². The van der Waals surface area contributed by atoms with Gasteiger partial charge < -0.3 is 15.5 Å². The van der Waals surface area contributed by atoms with Crippen molar-refractivity contribution < 1.29 is 4.39 Å². The first-order valence-electron chi connectivity index (χ1n) is 12.4. The molecule has 1 fully saturated rings. The smallest absolute Gasteiger partial charge is 0.154 e. The van der Waals surface area contributed by atoms with Crippen LogP contribution in [0.15, 0.2) is 60.8 Å². The van der Waals surface area contributed by atoms with Gasteiger partial charge in [-0.1, -0.05) is 25.1 Å². The van der Waals surface area contributed by atoms with Crippen molar-refractivity contribution in [3.05, 3.63) is 72.2 Å². The highest BCUT2D eigenvalue weighted by Gasteiger charge is 2.28. The lowest BCUT2D eigenvalue weighted by Crippen LogP contribution is -2.36. The summed E-state index contributed by atoms with van der Waals surface area (Å²) >= 11 is 0. The van der Waals surface area contributed by atoms with E-state index < -0.39 is 0 Å². The van der Waals surface area contributed by atoms with Gasteiger partial charge in [0.25, 0.3) is 0 Å². The normalized spacial score (nSPS) is 16.7. The Kier molecular flexibility index (Phi) is 6.63. The molecule has 1 aromatic carbocycles. The van der Waals surface area contributed by atoms with Gasteiger partial charge in [0.15, 0.2) is 5.65 Å². The number of anilines is 2. The minimum absolute atomic E-state index is 0.0542. The Morgan fingerprint density at radius 1 is 1.17 bits per heavy atom. The highest BCUT2D eigenvalue weighted by molar-refractivity contribution is 5.62. The number of nitrogens with zero attached hydrogens (tertiary/aromatic N) is 6. The molecule has 4 heterocycles. The van der Waals surface area contributed by atoms with Crippen LogP contribution in [0.5, 0.6) is 0 Å². The lowest BCUT2D eigenvalue weighted by Gasteiger charge is -2.26. The first kappa shape index (κ1) is 23.2. The van der Waals surface area contributed by atoms with Crippen molar-refractivity contribution in [3.8, 4) is 11.4 Å². The summed E-state index contributed by atoms with van der Waals surface area (Å²) in [6.07, 6.45) is 4.84. The lowest BCUT2D eigenvalue weighted by molar-refractivity contribution is 0.617. The molecule has 5 rings (SSSR count). The van der Waals surface area contributed by atoms with Gasteiger partial charge in [-0.25, -0.2) is 18.9 Å². The van der Waals surface area contributed by atoms with Crippen molar-refractivity contribution in [1.29, 1.82) is 0 Å². The number of benzene rings is 1. The zero-order valence-corrected chi connectivity index (χ0v) is 20.3. The molecule has 3 aromatic heterocycles. The molecule has 4 aromatic rings. The van der Waals surface area contributed by atoms with Crippen LogP contribution in [-0.2, 0) is 0 Å². The molecule has 2 N–H and O–H groups in total. The molecule has 7 nitrogen and oxygen atoms in total. The molecule has 1 saturated heterocycles. The quantitative estimate of drug-likeness (QED) is 0.395. The van der Waals surface area contributed by atoms with Gasteiger partial charge >= 0.3 is 0 Å². The summed E-state index contributed by atoms with van der Waals surface area (Å²) in [6.45, 7) is 6.68. The van der Waals surface area contributed by atoms with Crippen LogP contribution in [-0.4, -0.2) is 45.3 Å². The number of aromatic nitrogens is 4. The van der Waals surface area contributed by atoms with Crippen molar-refractivity contribution in [2.45, 2.75) is 45.2 Å². The van der Waals surface area contributed by atoms with Crippen LogP contribution in [0.25, 0.3) is 17.0 Å². The van der Waals surface area contributed by atoms with Gasteiger partial charge in [-0.3, -0.25) is 0 Å². The summed E-state index contributed by atoms with van der Waals surface area (Å²) in [6, 6.07) is 17.1. The molecule has 1 aliphatic rings. The summed E-state index contributed by atoms with van der Waals surface area (Å²) < 4.78 is 15.8. The van der Waals surface area contributed by atoms with Gasteiger partial charge in [0.05, 0.1) is 17.9 Å². The third kappa shape index (κ3) is 4.84. The van der Waals surface area contributed by atoms with E-state index in [1.807, 2.05) is 54.0 Å². The predicted octanol–water partition coefficient (Wildman–Crippen LogP) is 4.84. The first-order valence-corrected chi connectivity index (χ1v) is 12.4. The summed E-state index contributed by atoms with van der Waals surface area (Å²) in [4.78, 5) is 14.0. The average Bonchev–Trinajstić information content (AvgIpc) is 3.51. The van der Waals surface area contributed by atoms with Crippen molar-refractivity contribution in [2.24, 2.45) is 5.73 Å².